The lowest BCUT2D eigenvalue weighted by Crippen LogP contribution is -2.25. The van der Waals surface area contributed by atoms with Crippen molar-refractivity contribution in [2.75, 3.05) is 0 Å². The molecule has 0 bridgehead atoms. The molecule has 33 heavy (non-hydrogen) atoms. The lowest BCUT2D eigenvalue weighted by Gasteiger charge is -2.33. The topological polar surface area (TPSA) is 0 Å². The average molecular weight is 524 g/mol. The van der Waals surface area contributed by atoms with Gasteiger partial charge in [0.2, 0.25) is 0 Å². The molecular formula is C31H39BrS. The normalized spacial score (nSPS) is 13.8. The first kappa shape index (κ1) is 24.7. The van der Waals surface area contributed by atoms with Crippen molar-refractivity contribution in [3.63, 3.8) is 0 Å². The lowest BCUT2D eigenvalue weighted by atomic mass is 9.70. The van der Waals surface area contributed by atoms with Gasteiger partial charge >= 0.3 is 0 Å². The van der Waals surface area contributed by atoms with Gasteiger partial charge in [-0.15, -0.1) is 11.3 Å². The summed E-state index contributed by atoms with van der Waals surface area (Å²) >= 11 is 5.67. The number of fused-ring (bicyclic) bond motifs is 3. The van der Waals surface area contributed by atoms with E-state index in [1.807, 2.05) is 11.3 Å². The minimum Gasteiger partial charge on any atom is -0.144 e. The third-order valence-electron chi connectivity index (χ3n) is 7.54. The summed E-state index contributed by atoms with van der Waals surface area (Å²) in [7, 11) is 0. The minimum atomic E-state index is 0.153. The molecule has 1 heterocycles. The first-order valence-electron chi connectivity index (χ1n) is 13.2. The Morgan fingerprint density at radius 3 is 1.91 bits per heavy atom. The van der Waals surface area contributed by atoms with Crippen molar-refractivity contribution in [1.82, 2.24) is 0 Å². The van der Waals surface area contributed by atoms with Crippen molar-refractivity contribution >= 4 is 27.3 Å². The Kier molecular flexibility index (Phi) is 8.88. The highest BCUT2D eigenvalue weighted by atomic mass is 79.9. The van der Waals surface area contributed by atoms with Gasteiger partial charge in [0.1, 0.15) is 0 Å². The molecule has 0 saturated carbocycles. The van der Waals surface area contributed by atoms with Gasteiger partial charge in [-0.25, -0.2) is 0 Å². The van der Waals surface area contributed by atoms with Crippen molar-refractivity contribution < 1.29 is 0 Å². The van der Waals surface area contributed by atoms with E-state index in [1.54, 1.807) is 11.1 Å². The van der Waals surface area contributed by atoms with Crippen LogP contribution in [-0.4, -0.2) is 0 Å². The number of hydrogen-bond donors (Lipinski definition) is 0. The maximum atomic E-state index is 3.81. The van der Waals surface area contributed by atoms with Crippen molar-refractivity contribution in [2.24, 2.45) is 0 Å². The van der Waals surface area contributed by atoms with Gasteiger partial charge in [0.05, 0.1) is 0 Å². The van der Waals surface area contributed by atoms with E-state index >= 15 is 0 Å². The molecule has 1 aliphatic carbocycles. The average Bonchev–Trinajstić information content (AvgIpc) is 3.45. The summed E-state index contributed by atoms with van der Waals surface area (Å²) < 4.78 is 1.22. The van der Waals surface area contributed by atoms with E-state index < -0.39 is 0 Å². The number of hydrogen-bond acceptors (Lipinski definition) is 1. The SMILES string of the molecule is CCCCCCCC1(CCCCCCC)c2cc(Br)ccc2-c2ccc(-c3cccs3)cc21. The fourth-order valence-corrected chi connectivity index (χ4v) is 6.87. The first-order chi connectivity index (χ1) is 16.2. The Morgan fingerprint density at radius 1 is 0.697 bits per heavy atom. The molecule has 0 saturated heterocycles. The monoisotopic (exact) mass is 522 g/mol. The van der Waals surface area contributed by atoms with E-state index in [0.29, 0.717) is 0 Å². The maximum absolute atomic E-state index is 3.81. The molecule has 0 radical (unpaired) electrons. The van der Waals surface area contributed by atoms with Crippen LogP contribution in [0.4, 0.5) is 0 Å². The van der Waals surface area contributed by atoms with Crippen LogP contribution >= 0.6 is 27.3 Å². The van der Waals surface area contributed by atoms with Crippen LogP contribution in [0.5, 0.6) is 0 Å². The number of unbranched alkanes of at least 4 members (excludes halogenated alkanes) is 8. The van der Waals surface area contributed by atoms with Gasteiger partial charge in [0.25, 0.3) is 0 Å². The van der Waals surface area contributed by atoms with Gasteiger partial charge in [0, 0.05) is 14.8 Å². The Labute approximate surface area is 214 Å². The minimum absolute atomic E-state index is 0.153. The van der Waals surface area contributed by atoms with E-state index in [1.165, 1.54) is 103 Å². The Balaban J connectivity index is 1.73. The van der Waals surface area contributed by atoms with Crippen LogP contribution in [0.3, 0.4) is 0 Å². The summed E-state index contributed by atoms with van der Waals surface area (Å²) in [5, 5.41) is 2.20. The van der Waals surface area contributed by atoms with Gasteiger partial charge < -0.3 is 0 Å². The molecule has 2 heteroatoms. The third kappa shape index (κ3) is 5.49. The van der Waals surface area contributed by atoms with E-state index in [4.69, 9.17) is 0 Å². The van der Waals surface area contributed by atoms with Crippen molar-refractivity contribution in [2.45, 2.75) is 96.3 Å². The highest BCUT2D eigenvalue weighted by molar-refractivity contribution is 9.10. The van der Waals surface area contributed by atoms with Crippen LogP contribution in [0.15, 0.2) is 58.4 Å². The van der Waals surface area contributed by atoms with Gasteiger partial charge in [-0.1, -0.05) is 118 Å². The maximum Gasteiger partial charge on any atom is 0.0342 e. The molecule has 0 amide bonds. The Morgan fingerprint density at radius 2 is 1.30 bits per heavy atom. The van der Waals surface area contributed by atoms with Crippen LogP contribution in [0.1, 0.15) is 102 Å². The van der Waals surface area contributed by atoms with E-state index in [9.17, 15) is 0 Å². The van der Waals surface area contributed by atoms with Crippen LogP contribution in [0, 0.1) is 0 Å². The molecule has 0 unspecified atom stereocenters. The molecule has 1 aliphatic rings. The molecule has 176 valence electrons. The van der Waals surface area contributed by atoms with Crippen molar-refractivity contribution in [3.8, 4) is 21.6 Å². The fourth-order valence-electron chi connectivity index (χ4n) is 5.79. The van der Waals surface area contributed by atoms with Gasteiger partial charge in [-0.05, 0) is 70.3 Å². The molecule has 0 N–H and O–H groups in total. The predicted molar refractivity (Wildman–Crippen MR) is 150 cm³/mol. The number of benzene rings is 2. The molecule has 0 aliphatic heterocycles. The summed E-state index contributed by atoms with van der Waals surface area (Å²) in [5.41, 5.74) is 7.64. The van der Waals surface area contributed by atoms with E-state index in [0.717, 1.165) is 0 Å². The van der Waals surface area contributed by atoms with Gasteiger partial charge in [-0.3, -0.25) is 0 Å². The predicted octanol–water partition coefficient (Wildman–Crippen LogP) is 11.2. The zero-order chi connectivity index (χ0) is 23.1. The first-order valence-corrected chi connectivity index (χ1v) is 14.9. The zero-order valence-electron chi connectivity index (χ0n) is 20.5. The van der Waals surface area contributed by atoms with Crippen LogP contribution in [-0.2, 0) is 5.41 Å². The summed E-state index contributed by atoms with van der Waals surface area (Å²) in [5.74, 6) is 0. The summed E-state index contributed by atoms with van der Waals surface area (Å²) in [6, 6.07) is 18.8. The number of rotatable bonds is 13. The smallest absolute Gasteiger partial charge is 0.0342 e. The summed E-state index contributed by atoms with van der Waals surface area (Å²) in [6.07, 6.45) is 16.0. The number of halogens is 1. The van der Waals surface area contributed by atoms with Gasteiger partial charge in [0.15, 0.2) is 0 Å². The molecule has 2 aromatic carbocycles. The van der Waals surface area contributed by atoms with Crippen LogP contribution < -0.4 is 0 Å². The van der Waals surface area contributed by atoms with Crippen LogP contribution in [0.25, 0.3) is 21.6 Å². The van der Waals surface area contributed by atoms with Crippen molar-refractivity contribution in [3.05, 3.63) is 69.5 Å². The zero-order valence-corrected chi connectivity index (χ0v) is 22.9. The van der Waals surface area contributed by atoms with Crippen LogP contribution in [0.2, 0.25) is 0 Å². The molecule has 0 fully saturated rings. The molecule has 0 nitrogen and oxygen atoms in total. The highest BCUT2D eigenvalue weighted by Gasteiger charge is 2.42. The summed E-state index contributed by atoms with van der Waals surface area (Å²) in [4.78, 5) is 1.38. The lowest BCUT2D eigenvalue weighted by molar-refractivity contribution is 0.399. The van der Waals surface area contributed by atoms with Crippen molar-refractivity contribution in [1.29, 1.82) is 0 Å². The number of thiophene rings is 1. The van der Waals surface area contributed by atoms with E-state index in [2.05, 4.69) is 83.7 Å². The molecule has 0 spiro atoms. The Bertz CT molecular complexity index is 1000. The highest BCUT2D eigenvalue weighted by Crippen LogP contribution is 2.55. The standard InChI is InChI=1S/C31H39BrS/c1-3-5-7-9-11-19-31(20-12-10-8-6-4-2)28-22-24(30-14-13-21-33-30)15-17-26(28)27-18-16-25(32)23-29(27)31/h13-18,21-23H,3-12,19-20H2,1-2H3. The fraction of sp³-hybridized carbons (Fsp3) is 0.484. The largest absolute Gasteiger partial charge is 0.144 e. The van der Waals surface area contributed by atoms with Gasteiger partial charge in [-0.2, -0.15) is 0 Å². The molecule has 3 aromatic rings. The molecule has 4 rings (SSSR count). The second-order valence-electron chi connectivity index (χ2n) is 9.84. The molecular weight excluding hydrogens is 484 g/mol. The third-order valence-corrected chi connectivity index (χ3v) is 8.95. The Hall–Kier alpha value is -1.38. The summed E-state index contributed by atoms with van der Waals surface area (Å²) in [6.45, 7) is 4.62. The second kappa shape index (κ2) is 11.8. The second-order valence-corrected chi connectivity index (χ2v) is 11.7. The van der Waals surface area contributed by atoms with E-state index in [-0.39, 0.29) is 5.41 Å². The molecule has 1 aromatic heterocycles. The molecule has 0 atom stereocenters. The quantitative estimate of drug-likeness (QED) is 0.195.